The Morgan fingerprint density at radius 1 is 1.05 bits per heavy atom. The molecule has 0 amide bonds. The number of epoxide rings is 1. The van der Waals surface area contributed by atoms with Gasteiger partial charge >= 0.3 is 11.9 Å². The van der Waals surface area contributed by atoms with Crippen molar-refractivity contribution in [3.63, 3.8) is 0 Å². The molecule has 0 aromatic carbocycles. The predicted octanol–water partition coefficient (Wildman–Crippen LogP) is 3.34. The van der Waals surface area contributed by atoms with Gasteiger partial charge in [0.05, 0.1) is 36.9 Å². The maximum atomic E-state index is 12.9. The van der Waals surface area contributed by atoms with Gasteiger partial charge in [0, 0.05) is 24.0 Å². The van der Waals surface area contributed by atoms with Crippen molar-refractivity contribution in [2.75, 3.05) is 19.8 Å². The highest BCUT2D eigenvalue weighted by Gasteiger charge is 2.83. The zero-order valence-corrected chi connectivity index (χ0v) is 22.1. The molecule has 0 aromatic rings. The third-order valence-electron chi connectivity index (χ3n) is 9.24. The first-order valence-corrected chi connectivity index (χ1v) is 13.3. The van der Waals surface area contributed by atoms with Crippen LogP contribution in [0.5, 0.6) is 0 Å². The van der Waals surface area contributed by atoms with E-state index >= 15 is 0 Å². The number of esters is 2. The minimum Gasteiger partial charge on any atom is -0.462 e. The van der Waals surface area contributed by atoms with Gasteiger partial charge in [0.1, 0.15) is 24.4 Å². The normalized spacial score (nSPS) is 43.1. The van der Waals surface area contributed by atoms with Gasteiger partial charge in [-0.1, -0.05) is 42.4 Å². The number of cyclic esters (lactones) is 1. The molecule has 5 rings (SSSR count). The first-order chi connectivity index (χ1) is 17.6. The number of rotatable bonds is 1. The lowest BCUT2D eigenvalue weighted by molar-refractivity contribution is -0.232. The number of carbonyl (C=O) groups is 2. The number of aliphatic hydroxyl groups excluding tert-OH is 1. The maximum Gasteiger partial charge on any atom is 0.331 e. The summed E-state index contributed by atoms with van der Waals surface area (Å²) in [5.74, 6) is -0.879. The van der Waals surface area contributed by atoms with Crippen molar-refractivity contribution < 1.29 is 38.4 Å². The fourth-order valence-electron chi connectivity index (χ4n) is 6.85. The summed E-state index contributed by atoms with van der Waals surface area (Å²) in [5.41, 5.74) is 0.318. The van der Waals surface area contributed by atoms with Gasteiger partial charge in [-0.2, -0.15) is 0 Å². The quantitative estimate of drug-likeness (QED) is 0.323. The van der Waals surface area contributed by atoms with Crippen LogP contribution in [0.15, 0.2) is 47.6 Å². The van der Waals surface area contributed by atoms with Crippen molar-refractivity contribution in [3.8, 4) is 0 Å². The van der Waals surface area contributed by atoms with Crippen LogP contribution in [0.3, 0.4) is 0 Å². The smallest absolute Gasteiger partial charge is 0.331 e. The number of hydrogen-bond donors (Lipinski definition) is 1. The molecule has 5 aliphatic rings. The van der Waals surface area contributed by atoms with Crippen molar-refractivity contribution in [3.05, 3.63) is 47.6 Å². The average Bonchev–Trinajstić information content (AvgIpc) is 3.61. The fourth-order valence-corrected chi connectivity index (χ4v) is 6.85. The van der Waals surface area contributed by atoms with Crippen molar-refractivity contribution in [2.24, 2.45) is 10.8 Å². The molecule has 3 aliphatic heterocycles. The van der Waals surface area contributed by atoms with E-state index in [1.165, 1.54) is 17.7 Å². The van der Waals surface area contributed by atoms with Crippen molar-refractivity contribution in [2.45, 2.75) is 89.5 Å². The van der Waals surface area contributed by atoms with Crippen LogP contribution < -0.4 is 0 Å². The second-order valence-corrected chi connectivity index (χ2v) is 11.4. The van der Waals surface area contributed by atoms with E-state index in [-0.39, 0.29) is 18.8 Å². The highest BCUT2D eigenvalue weighted by atomic mass is 16.6. The van der Waals surface area contributed by atoms with E-state index < -0.39 is 46.7 Å². The molecule has 3 heterocycles. The van der Waals surface area contributed by atoms with Crippen LogP contribution in [0.25, 0.3) is 0 Å². The molecule has 2 aliphatic carbocycles. The Kier molecular flexibility index (Phi) is 6.98. The Balaban J connectivity index is 1.51. The molecule has 2 bridgehead atoms. The van der Waals surface area contributed by atoms with Crippen LogP contribution in [-0.4, -0.2) is 73.0 Å². The minimum absolute atomic E-state index is 0.144. The number of hydrogen-bond acceptors (Lipinski definition) is 8. The fraction of sp³-hybridized carbons (Fsp3) is 0.655. The number of aliphatic hydroxyl groups is 1. The summed E-state index contributed by atoms with van der Waals surface area (Å²) in [6, 6.07) is 0. The zero-order valence-electron chi connectivity index (χ0n) is 22.1. The van der Waals surface area contributed by atoms with Gasteiger partial charge in [-0.05, 0) is 40.0 Å². The zero-order chi connectivity index (χ0) is 26.4. The average molecular weight is 515 g/mol. The summed E-state index contributed by atoms with van der Waals surface area (Å²) in [7, 11) is 0. The van der Waals surface area contributed by atoms with Gasteiger partial charge in [-0.15, -0.1) is 0 Å². The van der Waals surface area contributed by atoms with Crippen LogP contribution in [0, 0.1) is 10.8 Å². The third kappa shape index (κ3) is 4.42. The maximum absolute atomic E-state index is 12.9. The molecule has 202 valence electrons. The Morgan fingerprint density at radius 3 is 2.57 bits per heavy atom. The second-order valence-electron chi connectivity index (χ2n) is 11.4. The summed E-state index contributed by atoms with van der Waals surface area (Å²) in [6.45, 7) is 8.73. The Labute approximate surface area is 218 Å². The van der Waals surface area contributed by atoms with Crippen LogP contribution in [-0.2, 0) is 33.3 Å². The lowest BCUT2D eigenvalue weighted by Gasteiger charge is -2.58. The Bertz CT molecular complexity index is 1050. The van der Waals surface area contributed by atoms with E-state index in [0.717, 1.165) is 18.4 Å². The van der Waals surface area contributed by atoms with Crippen LogP contribution >= 0.6 is 0 Å². The number of ether oxygens (including phenoxy) is 5. The summed E-state index contributed by atoms with van der Waals surface area (Å²) < 4.78 is 30.6. The largest absolute Gasteiger partial charge is 0.462 e. The molecule has 8 heteroatoms. The first-order valence-electron chi connectivity index (χ1n) is 13.3. The summed E-state index contributed by atoms with van der Waals surface area (Å²) >= 11 is 0. The SMILES string of the molecule is CC1=CC(=O)OC[C@]23CCC(C)=C[C@H]2O[C@@H]2C[C@@H](OC(=O)C=CC=C[C@H]([C@@H](C)O)OCC1)[C@@]3(C)[C@]21CO1. The van der Waals surface area contributed by atoms with Gasteiger partial charge in [0.2, 0.25) is 0 Å². The molecule has 8 nitrogen and oxygen atoms in total. The van der Waals surface area contributed by atoms with E-state index in [0.29, 0.717) is 26.1 Å². The van der Waals surface area contributed by atoms with Crippen molar-refractivity contribution in [1.29, 1.82) is 0 Å². The summed E-state index contributed by atoms with van der Waals surface area (Å²) in [4.78, 5) is 25.9. The van der Waals surface area contributed by atoms with E-state index in [2.05, 4.69) is 19.9 Å². The molecule has 2 saturated heterocycles. The molecule has 1 N–H and O–H groups in total. The summed E-state index contributed by atoms with van der Waals surface area (Å²) in [5, 5.41) is 10.0. The Morgan fingerprint density at radius 2 is 1.84 bits per heavy atom. The molecule has 2 spiro atoms. The highest BCUT2D eigenvalue weighted by molar-refractivity contribution is 5.83. The van der Waals surface area contributed by atoms with E-state index in [4.69, 9.17) is 23.7 Å². The van der Waals surface area contributed by atoms with Crippen LogP contribution in [0.1, 0.15) is 53.4 Å². The van der Waals surface area contributed by atoms with Crippen molar-refractivity contribution >= 4 is 11.9 Å². The lowest BCUT2D eigenvalue weighted by atomic mass is 9.51. The lowest BCUT2D eigenvalue weighted by Crippen LogP contribution is -2.66. The standard InChI is InChI=1S/C29H38O8/c1-18-9-11-28-16-34-26(32)14-19(2)10-12-33-21(20(3)30)7-5-6-8-25(31)37-22-15-24(36-23(28)13-18)29(17-35-29)27(22,28)4/h5-8,13-14,20-24,30H,9-12,15-17H2,1-4H3/t20-,21-,22-,23-,24-,27-,28-,29+/m1/s1. The second kappa shape index (κ2) is 9.80. The third-order valence-corrected chi connectivity index (χ3v) is 9.24. The number of allylic oxidation sites excluding steroid dienone is 3. The van der Waals surface area contributed by atoms with E-state index in [9.17, 15) is 14.7 Å². The highest BCUT2D eigenvalue weighted by Crippen LogP contribution is 2.72. The predicted molar refractivity (Wildman–Crippen MR) is 134 cm³/mol. The molecule has 0 aromatic heterocycles. The van der Waals surface area contributed by atoms with Gasteiger partial charge < -0.3 is 28.8 Å². The summed E-state index contributed by atoms with van der Waals surface area (Å²) in [6.07, 6.45) is 10.5. The first kappa shape index (κ1) is 26.4. The molecule has 0 radical (unpaired) electrons. The molecule has 8 atom stereocenters. The van der Waals surface area contributed by atoms with Crippen LogP contribution in [0.4, 0.5) is 0 Å². The molecular weight excluding hydrogens is 476 g/mol. The van der Waals surface area contributed by atoms with Gasteiger partial charge in [0.15, 0.2) is 0 Å². The topological polar surface area (TPSA) is 104 Å². The Hall–Kier alpha value is -2.26. The van der Waals surface area contributed by atoms with E-state index in [1.807, 2.05) is 6.92 Å². The molecule has 1 saturated carbocycles. The van der Waals surface area contributed by atoms with Crippen LogP contribution in [0.2, 0.25) is 0 Å². The van der Waals surface area contributed by atoms with Crippen molar-refractivity contribution in [1.82, 2.24) is 0 Å². The number of carbonyl (C=O) groups excluding carboxylic acids is 2. The van der Waals surface area contributed by atoms with Gasteiger partial charge in [-0.25, -0.2) is 9.59 Å². The molecule has 0 unspecified atom stereocenters. The monoisotopic (exact) mass is 514 g/mol. The molecule has 37 heavy (non-hydrogen) atoms. The van der Waals surface area contributed by atoms with Gasteiger partial charge in [-0.3, -0.25) is 0 Å². The van der Waals surface area contributed by atoms with Gasteiger partial charge in [0.25, 0.3) is 0 Å². The molecular formula is C29H38O8. The minimum atomic E-state index is -0.735. The molecule has 3 fully saturated rings. The van der Waals surface area contributed by atoms with E-state index in [1.54, 1.807) is 25.2 Å².